The normalized spacial score (nSPS) is 11.8. The van der Waals surface area contributed by atoms with E-state index in [2.05, 4.69) is 5.32 Å². The van der Waals surface area contributed by atoms with Crippen molar-refractivity contribution in [2.24, 2.45) is 0 Å². The first-order valence-corrected chi connectivity index (χ1v) is 7.69. The summed E-state index contributed by atoms with van der Waals surface area (Å²) < 4.78 is 5.09. The van der Waals surface area contributed by atoms with Crippen molar-refractivity contribution in [1.82, 2.24) is 0 Å². The Kier molecular flexibility index (Phi) is 6.09. The Morgan fingerprint density at radius 2 is 1.83 bits per heavy atom. The van der Waals surface area contributed by atoms with Gasteiger partial charge in [-0.25, -0.2) is 0 Å². The van der Waals surface area contributed by atoms with Crippen molar-refractivity contribution in [1.29, 1.82) is 0 Å². The summed E-state index contributed by atoms with van der Waals surface area (Å²) in [4.78, 5) is 23.3. The summed E-state index contributed by atoms with van der Waals surface area (Å²) in [6.07, 6.45) is 0.246. The zero-order valence-corrected chi connectivity index (χ0v) is 13.8. The van der Waals surface area contributed by atoms with E-state index in [4.69, 9.17) is 9.84 Å². The molecule has 0 fully saturated rings. The van der Waals surface area contributed by atoms with Gasteiger partial charge < -0.3 is 15.2 Å². The number of ether oxygens (including phenoxy) is 1. The van der Waals surface area contributed by atoms with Gasteiger partial charge in [0, 0.05) is 12.8 Å². The first kappa shape index (κ1) is 17.7. The zero-order chi connectivity index (χ0) is 17.5. The first-order valence-electron chi connectivity index (χ1n) is 7.69. The average molecular weight is 327 g/mol. The van der Waals surface area contributed by atoms with Crippen LogP contribution in [-0.4, -0.2) is 24.1 Å². The molecule has 0 aliphatic carbocycles. The quantitative estimate of drug-likeness (QED) is 0.819. The van der Waals surface area contributed by atoms with Gasteiger partial charge in [0.2, 0.25) is 5.91 Å². The number of aliphatic carboxylic acids is 1. The molecule has 0 aliphatic heterocycles. The molecular weight excluding hydrogens is 306 g/mol. The Morgan fingerprint density at radius 1 is 1.12 bits per heavy atom. The summed E-state index contributed by atoms with van der Waals surface area (Å²) in [5, 5.41) is 11.9. The molecule has 5 heteroatoms. The number of nitrogens with one attached hydrogen (secondary N) is 1. The van der Waals surface area contributed by atoms with Gasteiger partial charge in [-0.1, -0.05) is 36.4 Å². The van der Waals surface area contributed by atoms with Gasteiger partial charge in [-0.2, -0.15) is 0 Å². The van der Waals surface area contributed by atoms with Crippen LogP contribution in [0.25, 0.3) is 0 Å². The molecule has 0 bridgehead atoms. The number of carbonyl (C=O) groups is 2. The van der Waals surface area contributed by atoms with Gasteiger partial charge in [0.25, 0.3) is 0 Å². The number of carbonyl (C=O) groups excluding carboxylic acids is 1. The molecule has 126 valence electrons. The van der Waals surface area contributed by atoms with Gasteiger partial charge in [0.05, 0.1) is 18.9 Å². The highest BCUT2D eigenvalue weighted by molar-refractivity contribution is 5.92. The minimum absolute atomic E-state index is 0.148. The topological polar surface area (TPSA) is 75.6 Å². The van der Waals surface area contributed by atoms with Gasteiger partial charge >= 0.3 is 5.97 Å². The van der Waals surface area contributed by atoms with Crippen LogP contribution in [0.5, 0.6) is 0 Å². The predicted molar refractivity (Wildman–Crippen MR) is 92.0 cm³/mol. The molecule has 2 rings (SSSR count). The van der Waals surface area contributed by atoms with E-state index in [1.54, 1.807) is 38.3 Å². The highest BCUT2D eigenvalue weighted by Crippen LogP contribution is 2.19. The lowest BCUT2D eigenvalue weighted by Crippen LogP contribution is -2.15. The fraction of sp³-hybridized carbons (Fsp3) is 0.263. The molecule has 1 atom stereocenters. The third kappa shape index (κ3) is 4.93. The van der Waals surface area contributed by atoms with E-state index in [1.165, 1.54) is 0 Å². The number of hydrogen-bond donors (Lipinski definition) is 2. The van der Waals surface area contributed by atoms with Crippen LogP contribution in [0.1, 0.15) is 29.5 Å². The van der Waals surface area contributed by atoms with Crippen molar-refractivity contribution in [3.8, 4) is 0 Å². The van der Waals surface area contributed by atoms with Gasteiger partial charge in [-0.05, 0) is 35.7 Å². The minimum atomic E-state index is -0.895. The van der Waals surface area contributed by atoms with Crippen LogP contribution in [0.15, 0.2) is 48.5 Å². The molecule has 0 aliphatic rings. The Labute approximate surface area is 141 Å². The Hall–Kier alpha value is -2.66. The van der Waals surface area contributed by atoms with Crippen LogP contribution < -0.4 is 5.32 Å². The third-order valence-electron chi connectivity index (χ3n) is 3.71. The van der Waals surface area contributed by atoms with Crippen LogP contribution in [-0.2, 0) is 27.4 Å². The summed E-state index contributed by atoms with van der Waals surface area (Å²) in [6, 6.07) is 14.6. The fourth-order valence-corrected chi connectivity index (χ4v) is 2.41. The summed E-state index contributed by atoms with van der Waals surface area (Å²) >= 11 is 0. The van der Waals surface area contributed by atoms with Crippen molar-refractivity contribution >= 4 is 17.6 Å². The lowest BCUT2D eigenvalue weighted by Gasteiger charge is -2.10. The molecule has 0 saturated heterocycles. The molecule has 0 radical (unpaired) electrons. The summed E-state index contributed by atoms with van der Waals surface area (Å²) in [6.45, 7) is 2.12. The smallest absolute Gasteiger partial charge is 0.310 e. The van der Waals surface area contributed by atoms with Crippen LogP contribution in [0, 0.1) is 0 Å². The molecule has 24 heavy (non-hydrogen) atoms. The number of anilines is 1. The highest BCUT2D eigenvalue weighted by atomic mass is 16.5. The van der Waals surface area contributed by atoms with Crippen molar-refractivity contribution in [3.05, 3.63) is 65.2 Å². The van der Waals surface area contributed by atoms with E-state index in [0.29, 0.717) is 17.9 Å². The SMILES string of the molecule is COCc1cccc(CC(=O)Nc2cccc(C(C)C(=O)O)c2)c1. The third-order valence-corrected chi connectivity index (χ3v) is 3.71. The van der Waals surface area contributed by atoms with E-state index in [0.717, 1.165) is 11.1 Å². The monoisotopic (exact) mass is 327 g/mol. The largest absolute Gasteiger partial charge is 0.481 e. The summed E-state index contributed by atoms with van der Waals surface area (Å²) in [7, 11) is 1.63. The van der Waals surface area contributed by atoms with E-state index >= 15 is 0 Å². The molecule has 0 spiro atoms. The molecule has 1 unspecified atom stereocenters. The van der Waals surface area contributed by atoms with E-state index < -0.39 is 11.9 Å². The average Bonchev–Trinajstić information content (AvgIpc) is 2.54. The maximum absolute atomic E-state index is 12.2. The maximum atomic E-state index is 12.2. The lowest BCUT2D eigenvalue weighted by molar-refractivity contribution is -0.138. The van der Waals surface area contributed by atoms with Crippen LogP contribution in [0.3, 0.4) is 0 Å². The lowest BCUT2D eigenvalue weighted by atomic mass is 10.0. The molecular formula is C19H21NO4. The Morgan fingerprint density at radius 3 is 2.54 bits per heavy atom. The molecule has 2 aromatic rings. The van der Waals surface area contributed by atoms with Gasteiger partial charge in [-0.3, -0.25) is 9.59 Å². The van der Waals surface area contributed by atoms with Gasteiger partial charge in [0.15, 0.2) is 0 Å². The summed E-state index contributed by atoms with van der Waals surface area (Å²) in [5.74, 6) is -1.66. The van der Waals surface area contributed by atoms with Crippen LogP contribution in [0.4, 0.5) is 5.69 Å². The second kappa shape index (κ2) is 8.26. The van der Waals surface area contributed by atoms with E-state index in [9.17, 15) is 9.59 Å². The molecule has 0 saturated carbocycles. The molecule has 1 amide bonds. The van der Waals surface area contributed by atoms with E-state index in [1.807, 2.05) is 24.3 Å². The number of carboxylic acids is 1. The first-order chi connectivity index (χ1) is 11.5. The number of methoxy groups -OCH3 is 1. The second-order valence-corrected chi connectivity index (χ2v) is 5.66. The van der Waals surface area contributed by atoms with Crippen molar-refractivity contribution in [2.45, 2.75) is 25.9 Å². The maximum Gasteiger partial charge on any atom is 0.310 e. The molecule has 2 N–H and O–H groups in total. The van der Waals surface area contributed by atoms with Gasteiger partial charge in [-0.15, -0.1) is 0 Å². The number of rotatable bonds is 7. The van der Waals surface area contributed by atoms with Crippen molar-refractivity contribution < 1.29 is 19.4 Å². The molecule has 2 aromatic carbocycles. The number of carboxylic acid groups (broad SMARTS) is 1. The van der Waals surface area contributed by atoms with E-state index in [-0.39, 0.29) is 12.3 Å². The number of benzene rings is 2. The Bertz CT molecular complexity index is 727. The fourth-order valence-electron chi connectivity index (χ4n) is 2.41. The Balaban J connectivity index is 2.03. The molecule has 0 aromatic heterocycles. The van der Waals surface area contributed by atoms with Gasteiger partial charge in [0.1, 0.15) is 0 Å². The minimum Gasteiger partial charge on any atom is -0.481 e. The number of amides is 1. The van der Waals surface area contributed by atoms with Crippen LogP contribution >= 0.6 is 0 Å². The molecule has 0 heterocycles. The highest BCUT2D eigenvalue weighted by Gasteiger charge is 2.14. The standard InChI is InChI=1S/C19H21NO4/c1-13(19(22)23)16-7-4-8-17(11-16)20-18(21)10-14-5-3-6-15(9-14)12-24-2/h3-9,11,13H,10,12H2,1-2H3,(H,20,21)(H,22,23). The second-order valence-electron chi connectivity index (χ2n) is 5.66. The predicted octanol–water partition coefficient (Wildman–Crippen LogP) is 3.20. The summed E-state index contributed by atoms with van der Waals surface area (Å²) in [5.41, 5.74) is 3.17. The van der Waals surface area contributed by atoms with Crippen LogP contribution in [0.2, 0.25) is 0 Å². The molecule has 5 nitrogen and oxygen atoms in total. The van der Waals surface area contributed by atoms with Crippen molar-refractivity contribution in [2.75, 3.05) is 12.4 Å². The van der Waals surface area contributed by atoms with Crippen molar-refractivity contribution in [3.63, 3.8) is 0 Å². The number of hydrogen-bond acceptors (Lipinski definition) is 3. The zero-order valence-electron chi connectivity index (χ0n) is 13.8.